The zero-order valence-electron chi connectivity index (χ0n) is 15.3. The summed E-state index contributed by atoms with van der Waals surface area (Å²) in [6.45, 7) is 9.41. The number of morpholine rings is 1. The summed E-state index contributed by atoms with van der Waals surface area (Å²) >= 11 is 0. The smallest absolute Gasteiger partial charge is 0.224 e. The molecule has 7 heteroatoms. The largest absolute Gasteiger partial charge is 0.378 e. The van der Waals surface area contributed by atoms with E-state index in [9.17, 15) is 4.79 Å². The number of nitrogens with zero attached hydrogens (tertiary/aromatic N) is 3. The van der Waals surface area contributed by atoms with Crippen molar-refractivity contribution in [2.45, 2.75) is 45.4 Å². The molecule has 2 fully saturated rings. The van der Waals surface area contributed by atoms with Crippen molar-refractivity contribution in [2.24, 2.45) is 5.92 Å². The Balaban J connectivity index is 1.47. The van der Waals surface area contributed by atoms with Crippen molar-refractivity contribution in [3.05, 3.63) is 18.0 Å². The summed E-state index contributed by atoms with van der Waals surface area (Å²) in [6, 6.07) is 2.21. The Morgan fingerprint density at radius 1 is 1.40 bits per heavy atom. The highest BCUT2D eigenvalue weighted by atomic mass is 16.5. The number of carbonyl (C=O) groups is 1. The lowest BCUT2D eigenvalue weighted by Crippen LogP contribution is -2.43. The predicted molar refractivity (Wildman–Crippen MR) is 94.2 cm³/mol. The Hall–Kier alpha value is -1.44. The molecule has 1 aromatic rings. The Labute approximate surface area is 149 Å². The van der Waals surface area contributed by atoms with Gasteiger partial charge in [-0.3, -0.25) is 9.48 Å². The van der Waals surface area contributed by atoms with Gasteiger partial charge in [0.15, 0.2) is 0 Å². The third-order valence-electron chi connectivity index (χ3n) is 5.13. The molecular weight excluding hydrogens is 320 g/mol. The Morgan fingerprint density at radius 3 is 2.96 bits per heavy atom. The number of nitrogens with one attached hydrogen (secondary N) is 1. The van der Waals surface area contributed by atoms with Gasteiger partial charge in [0.1, 0.15) is 6.10 Å². The molecular formula is C18H30N4O3. The lowest BCUT2D eigenvalue weighted by Gasteiger charge is -2.28. The van der Waals surface area contributed by atoms with Crippen LogP contribution in [0.5, 0.6) is 0 Å². The van der Waals surface area contributed by atoms with Gasteiger partial charge in [-0.05, 0) is 26.3 Å². The van der Waals surface area contributed by atoms with Crippen LogP contribution in [-0.4, -0.2) is 66.1 Å². The molecule has 0 unspecified atom stereocenters. The second kappa shape index (κ2) is 8.78. The SMILES string of the molecule is CCn1nccc1[C@@H]1OCC[C@H]1CN[C@@H](C)CC(=O)N1CCOCC1. The number of hydrogen-bond donors (Lipinski definition) is 1. The number of ether oxygens (including phenoxy) is 2. The van der Waals surface area contributed by atoms with Gasteiger partial charge in [-0.25, -0.2) is 0 Å². The van der Waals surface area contributed by atoms with Gasteiger partial charge in [0.05, 0.1) is 18.9 Å². The Kier molecular flexibility index (Phi) is 6.45. The van der Waals surface area contributed by atoms with Crippen molar-refractivity contribution in [2.75, 3.05) is 39.5 Å². The van der Waals surface area contributed by atoms with Crippen LogP contribution in [0, 0.1) is 5.92 Å². The van der Waals surface area contributed by atoms with Crippen LogP contribution in [0.2, 0.25) is 0 Å². The number of rotatable bonds is 7. The first-order chi connectivity index (χ1) is 12.2. The average molecular weight is 350 g/mol. The van der Waals surface area contributed by atoms with Crippen molar-refractivity contribution in [1.82, 2.24) is 20.0 Å². The molecule has 0 radical (unpaired) electrons. The van der Waals surface area contributed by atoms with Crippen LogP contribution in [0.1, 0.15) is 38.5 Å². The summed E-state index contributed by atoms with van der Waals surface area (Å²) < 4.78 is 13.3. The summed E-state index contributed by atoms with van der Waals surface area (Å²) in [5.74, 6) is 0.634. The Bertz CT molecular complexity index is 556. The zero-order valence-corrected chi connectivity index (χ0v) is 15.3. The van der Waals surface area contributed by atoms with Crippen LogP contribution < -0.4 is 5.32 Å². The quantitative estimate of drug-likeness (QED) is 0.800. The van der Waals surface area contributed by atoms with Gasteiger partial charge in [-0.2, -0.15) is 5.10 Å². The van der Waals surface area contributed by atoms with E-state index in [-0.39, 0.29) is 18.1 Å². The summed E-state index contributed by atoms with van der Waals surface area (Å²) in [5, 5.41) is 7.89. The topological polar surface area (TPSA) is 68.6 Å². The first-order valence-corrected chi connectivity index (χ1v) is 9.41. The first kappa shape index (κ1) is 18.4. The molecule has 0 aliphatic carbocycles. The van der Waals surface area contributed by atoms with E-state index in [0.717, 1.165) is 31.8 Å². The van der Waals surface area contributed by atoms with E-state index in [0.29, 0.717) is 38.6 Å². The third kappa shape index (κ3) is 4.59. The minimum absolute atomic E-state index is 0.0945. The second-order valence-electron chi connectivity index (χ2n) is 6.92. The first-order valence-electron chi connectivity index (χ1n) is 9.41. The maximum Gasteiger partial charge on any atom is 0.224 e. The molecule has 3 atom stereocenters. The van der Waals surface area contributed by atoms with Crippen molar-refractivity contribution in [1.29, 1.82) is 0 Å². The van der Waals surface area contributed by atoms with Crippen LogP contribution >= 0.6 is 0 Å². The van der Waals surface area contributed by atoms with E-state index in [2.05, 4.69) is 30.3 Å². The maximum absolute atomic E-state index is 12.3. The van der Waals surface area contributed by atoms with Gasteiger partial charge in [0.25, 0.3) is 0 Å². The molecule has 7 nitrogen and oxygen atoms in total. The molecule has 1 N–H and O–H groups in total. The lowest BCUT2D eigenvalue weighted by molar-refractivity contribution is -0.135. The van der Waals surface area contributed by atoms with E-state index in [1.807, 2.05) is 15.8 Å². The average Bonchev–Trinajstić information content (AvgIpc) is 3.28. The molecule has 3 rings (SSSR count). The summed E-state index contributed by atoms with van der Waals surface area (Å²) in [7, 11) is 0. The van der Waals surface area contributed by atoms with Gasteiger partial charge in [-0.15, -0.1) is 0 Å². The molecule has 3 heterocycles. The van der Waals surface area contributed by atoms with Gasteiger partial charge in [-0.1, -0.05) is 0 Å². The van der Waals surface area contributed by atoms with E-state index < -0.39 is 0 Å². The molecule has 2 aliphatic rings. The fourth-order valence-corrected chi connectivity index (χ4v) is 3.65. The highest BCUT2D eigenvalue weighted by Gasteiger charge is 2.32. The van der Waals surface area contributed by atoms with Gasteiger partial charge >= 0.3 is 0 Å². The second-order valence-corrected chi connectivity index (χ2v) is 6.92. The van der Waals surface area contributed by atoms with Crippen molar-refractivity contribution in [3.8, 4) is 0 Å². The fraction of sp³-hybridized carbons (Fsp3) is 0.778. The summed E-state index contributed by atoms with van der Waals surface area (Å²) in [5.41, 5.74) is 1.16. The summed E-state index contributed by atoms with van der Waals surface area (Å²) in [6.07, 6.45) is 3.51. The zero-order chi connectivity index (χ0) is 17.6. The third-order valence-corrected chi connectivity index (χ3v) is 5.13. The molecule has 2 saturated heterocycles. The minimum Gasteiger partial charge on any atom is -0.378 e. The summed E-state index contributed by atoms with van der Waals surface area (Å²) in [4.78, 5) is 14.2. The molecule has 140 valence electrons. The lowest BCUT2D eigenvalue weighted by atomic mass is 9.98. The highest BCUT2D eigenvalue weighted by molar-refractivity contribution is 5.76. The maximum atomic E-state index is 12.3. The normalized spacial score (nSPS) is 25.3. The number of carbonyl (C=O) groups excluding carboxylic acids is 1. The van der Waals surface area contributed by atoms with Crippen LogP contribution in [-0.2, 0) is 20.8 Å². The monoisotopic (exact) mass is 350 g/mol. The predicted octanol–water partition coefficient (Wildman–Crippen LogP) is 1.21. The van der Waals surface area contributed by atoms with Gasteiger partial charge in [0.2, 0.25) is 5.91 Å². The molecule has 0 spiro atoms. The van der Waals surface area contributed by atoms with Crippen molar-refractivity contribution < 1.29 is 14.3 Å². The number of aryl methyl sites for hydroxylation is 1. The van der Waals surface area contributed by atoms with Crippen molar-refractivity contribution >= 4 is 5.91 Å². The van der Waals surface area contributed by atoms with Crippen LogP contribution in [0.3, 0.4) is 0 Å². The fourth-order valence-electron chi connectivity index (χ4n) is 3.65. The standard InChI is InChI=1S/C18H30N4O3/c1-3-22-16(4-6-20-22)18-15(5-9-25-18)13-19-14(2)12-17(23)21-7-10-24-11-8-21/h4,6,14-15,18-19H,3,5,7-13H2,1-2H3/t14-,15-,18+/m0/s1. The van der Waals surface area contributed by atoms with Gasteiger partial charge < -0.3 is 19.7 Å². The van der Waals surface area contributed by atoms with Gasteiger partial charge in [0, 0.05) is 57.4 Å². The van der Waals surface area contributed by atoms with Crippen LogP contribution in [0.15, 0.2) is 12.3 Å². The Morgan fingerprint density at radius 2 is 2.20 bits per heavy atom. The van der Waals surface area contributed by atoms with Crippen LogP contribution in [0.4, 0.5) is 0 Å². The van der Waals surface area contributed by atoms with Crippen LogP contribution in [0.25, 0.3) is 0 Å². The molecule has 1 aromatic heterocycles. The molecule has 25 heavy (non-hydrogen) atoms. The van der Waals surface area contributed by atoms with Crippen molar-refractivity contribution in [3.63, 3.8) is 0 Å². The molecule has 0 saturated carbocycles. The highest BCUT2D eigenvalue weighted by Crippen LogP contribution is 2.34. The van der Waals surface area contributed by atoms with E-state index in [1.165, 1.54) is 0 Å². The molecule has 2 aliphatic heterocycles. The minimum atomic E-state index is 0.0945. The van der Waals surface area contributed by atoms with E-state index in [1.54, 1.807) is 0 Å². The molecule has 0 bridgehead atoms. The number of hydrogen-bond acceptors (Lipinski definition) is 5. The molecule has 0 aromatic carbocycles. The number of aromatic nitrogens is 2. The molecule has 1 amide bonds. The van der Waals surface area contributed by atoms with E-state index >= 15 is 0 Å². The van der Waals surface area contributed by atoms with E-state index in [4.69, 9.17) is 9.47 Å². The number of amides is 1.